The zero-order valence-electron chi connectivity index (χ0n) is 16.9. The molecule has 1 amide bonds. The lowest BCUT2D eigenvalue weighted by Crippen LogP contribution is -2.33. The molecule has 0 aliphatic carbocycles. The van der Waals surface area contributed by atoms with E-state index in [9.17, 15) is 4.79 Å². The van der Waals surface area contributed by atoms with Crippen molar-refractivity contribution in [1.29, 1.82) is 0 Å². The lowest BCUT2D eigenvalue weighted by molar-refractivity contribution is -0.113. The highest BCUT2D eigenvalue weighted by Crippen LogP contribution is 2.34. The maximum absolute atomic E-state index is 12.7. The van der Waals surface area contributed by atoms with Crippen LogP contribution in [0.1, 0.15) is 24.8 Å². The van der Waals surface area contributed by atoms with Crippen molar-refractivity contribution in [3.05, 3.63) is 76.3 Å². The lowest BCUT2D eigenvalue weighted by Gasteiger charge is -2.27. The van der Waals surface area contributed by atoms with Crippen molar-refractivity contribution >= 4 is 40.5 Å². The van der Waals surface area contributed by atoms with E-state index < -0.39 is 0 Å². The Bertz CT molecular complexity index is 1160. The van der Waals surface area contributed by atoms with E-state index in [-0.39, 0.29) is 5.91 Å². The van der Waals surface area contributed by atoms with Crippen LogP contribution in [0.15, 0.2) is 70.7 Å². The molecule has 5 rings (SSSR count). The van der Waals surface area contributed by atoms with Gasteiger partial charge in [0.1, 0.15) is 0 Å². The van der Waals surface area contributed by atoms with Crippen molar-refractivity contribution in [2.45, 2.75) is 19.3 Å². The normalized spacial score (nSPS) is 18.0. The summed E-state index contributed by atoms with van der Waals surface area (Å²) in [7, 11) is 0. The molecular formula is C24H21ClN4OS. The summed E-state index contributed by atoms with van der Waals surface area (Å²) in [5, 5.41) is 6.31. The molecule has 0 N–H and O–H groups in total. The van der Waals surface area contributed by atoms with E-state index in [4.69, 9.17) is 16.7 Å². The molecule has 0 bridgehead atoms. The number of carbonyl (C=O) groups excluding carboxylic acids is 1. The first-order chi connectivity index (χ1) is 15.2. The first-order valence-corrected chi connectivity index (χ1v) is 11.6. The highest BCUT2D eigenvalue weighted by atomic mass is 35.5. The monoisotopic (exact) mass is 448 g/mol. The number of carbonyl (C=O) groups is 1. The van der Waals surface area contributed by atoms with E-state index in [1.165, 1.54) is 18.2 Å². The molecule has 2 aromatic carbocycles. The number of para-hydroxylation sites is 1. The van der Waals surface area contributed by atoms with E-state index in [0.717, 1.165) is 53.6 Å². The summed E-state index contributed by atoms with van der Waals surface area (Å²) >= 11 is 7.54. The predicted molar refractivity (Wildman–Crippen MR) is 127 cm³/mol. The molecule has 7 heteroatoms. The largest absolute Gasteiger partial charge is 0.351 e. The van der Waals surface area contributed by atoms with Crippen LogP contribution in [-0.2, 0) is 4.79 Å². The third-order valence-corrected chi connectivity index (χ3v) is 6.70. The lowest BCUT2D eigenvalue weighted by atomic mass is 10.1. The Balaban J connectivity index is 1.51. The highest BCUT2D eigenvalue weighted by molar-refractivity contribution is 8.18. The van der Waals surface area contributed by atoms with Crippen LogP contribution in [0.4, 0.5) is 0 Å². The number of amidine groups is 1. The SMILES string of the molecule is O=C1N=C(N2CCCCC2)SC1=Cc1cn(-c2ccccc2)nc1-c1ccc(Cl)cc1. The first kappa shape index (κ1) is 20.1. The van der Waals surface area contributed by atoms with Crippen LogP contribution in [0, 0.1) is 0 Å². The minimum Gasteiger partial charge on any atom is -0.351 e. The fourth-order valence-corrected chi connectivity index (χ4v) is 4.88. The number of nitrogens with zero attached hydrogens (tertiary/aromatic N) is 4. The standard InChI is InChI=1S/C24H21ClN4OS/c25-19-11-9-17(10-12-19)22-18(16-29(27-22)20-7-3-1-4-8-20)15-21-23(30)26-24(31-21)28-13-5-2-6-14-28/h1,3-4,7-12,15-16H,2,5-6,13-14H2. The zero-order valence-corrected chi connectivity index (χ0v) is 18.4. The van der Waals surface area contributed by atoms with Crippen molar-refractivity contribution < 1.29 is 4.79 Å². The molecule has 0 saturated carbocycles. The molecule has 5 nitrogen and oxygen atoms in total. The Morgan fingerprint density at radius 1 is 0.968 bits per heavy atom. The second kappa shape index (κ2) is 8.73. The van der Waals surface area contributed by atoms with Crippen molar-refractivity contribution in [3.63, 3.8) is 0 Å². The molecule has 3 aromatic rings. The molecular weight excluding hydrogens is 428 g/mol. The zero-order chi connectivity index (χ0) is 21.2. The highest BCUT2D eigenvalue weighted by Gasteiger charge is 2.27. The summed E-state index contributed by atoms with van der Waals surface area (Å²) in [5.41, 5.74) is 3.57. The Labute approximate surface area is 190 Å². The van der Waals surface area contributed by atoms with Gasteiger partial charge in [-0.15, -0.1) is 0 Å². The molecule has 3 heterocycles. The van der Waals surface area contributed by atoms with Crippen LogP contribution in [0.5, 0.6) is 0 Å². The van der Waals surface area contributed by atoms with Gasteiger partial charge in [-0.05, 0) is 61.4 Å². The maximum Gasteiger partial charge on any atom is 0.286 e. The van der Waals surface area contributed by atoms with Gasteiger partial charge in [-0.1, -0.05) is 41.9 Å². The second-order valence-corrected chi connectivity index (χ2v) is 9.02. The van der Waals surface area contributed by atoms with Gasteiger partial charge in [-0.2, -0.15) is 10.1 Å². The van der Waals surface area contributed by atoms with E-state index >= 15 is 0 Å². The van der Waals surface area contributed by atoms with Crippen molar-refractivity contribution in [2.24, 2.45) is 4.99 Å². The number of thioether (sulfide) groups is 1. The summed E-state index contributed by atoms with van der Waals surface area (Å²) in [4.78, 5) is 19.8. The molecule has 31 heavy (non-hydrogen) atoms. The topological polar surface area (TPSA) is 50.5 Å². The average molecular weight is 449 g/mol. The molecule has 0 atom stereocenters. The van der Waals surface area contributed by atoms with Gasteiger partial charge < -0.3 is 4.90 Å². The summed E-state index contributed by atoms with van der Waals surface area (Å²) in [6.45, 7) is 1.93. The van der Waals surface area contributed by atoms with Gasteiger partial charge in [0, 0.05) is 35.4 Å². The number of hydrogen-bond donors (Lipinski definition) is 0. The first-order valence-electron chi connectivity index (χ1n) is 10.4. The molecule has 156 valence electrons. The quantitative estimate of drug-likeness (QED) is 0.486. The van der Waals surface area contributed by atoms with Gasteiger partial charge in [-0.3, -0.25) is 4.79 Å². The number of hydrogen-bond acceptors (Lipinski definition) is 4. The van der Waals surface area contributed by atoms with Crippen molar-refractivity contribution in [3.8, 4) is 16.9 Å². The number of halogens is 1. The van der Waals surface area contributed by atoms with Crippen molar-refractivity contribution in [2.75, 3.05) is 13.1 Å². The number of benzene rings is 2. The van der Waals surface area contributed by atoms with Gasteiger partial charge in [0.2, 0.25) is 0 Å². The molecule has 0 unspecified atom stereocenters. The minimum atomic E-state index is -0.180. The van der Waals surface area contributed by atoms with Crippen LogP contribution in [0.25, 0.3) is 23.0 Å². The number of amides is 1. The van der Waals surface area contributed by atoms with Gasteiger partial charge in [0.25, 0.3) is 5.91 Å². The number of aromatic nitrogens is 2. The Morgan fingerprint density at radius 3 is 2.45 bits per heavy atom. The molecule has 0 spiro atoms. The van der Waals surface area contributed by atoms with Crippen LogP contribution in [0.2, 0.25) is 5.02 Å². The molecule has 1 aromatic heterocycles. The molecule has 1 fully saturated rings. The Hall–Kier alpha value is -2.83. The third kappa shape index (κ3) is 4.31. The third-order valence-electron chi connectivity index (χ3n) is 5.40. The predicted octanol–water partition coefficient (Wildman–Crippen LogP) is 5.65. The van der Waals surface area contributed by atoms with Crippen LogP contribution < -0.4 is 0 Å². The maximum atomic E-state index is 12.7. The fourth-order valence-electron chi connectivity index (χ4n) is 3.80. The molecule has 2 aliphatic heterocycles. The Morgan fingerprint density at radius 2 is 1.71 bits per heavy atom. The summed E-state index contributed by atoms with van der Waals surface area (Å²) in [6.07, 6.45) is 7.41. The number of likely N-dealkylation sites (tertiary alicyclic amines) is 1. The number of piperidine rings is 1. The van der Waals surface area contributed by atoms with Gasteiger partial charge in [0.05, 0.1) is 16.3 Å². The van der Waals surface area contributed by atoms with Gasteiger partial charge >= 0.3 is 0 Å². The summed E-state index contributed by atoms with van der Waals surface area (Å²) in [6, 6.07) is 17.5. The van der Waals surface area contributed by atoms with Crippen LogP contribution in [-0.4, -0.2) is 38.8 Å². The number of rotatable bonds is 3. The molecule has 2 aliphatic rings. The Kier molecular flexibility index (Phi) is 5.66. The van der Waals surface area contributed by atoms with E-state index in [1.807, 2.05) is 71.6 Å². The van der Waals surface area contributed by atoms with Crippen LogP contribution in [0.3, 0.4) is 0 Å². The van der Waals surface area contributed by atoms with Crippen molar-refractivity contribution in [1.82, 2.24) is 14.7 Å². The van der Waals surface area contributed by atoms with Gasteiger partial charge in [0.15, 0.2) is 5.17 Å². The number of aliphatic imine (C=N–C) groups is 1. The average Bonchev–Trinajstić information content (AvgIpc) is 3.40. The van der Waals surface area contributed by atoms with Crippen LogP contribution >= 0.6 is 23.4 Å². The van der Waals surface area contributed by atoms with Gasteiger partial charge in [-0.25, -0.2) is 4.68 Å². The van der Waals surface area contributed by atoms with E-state index in [2.05, 4.69) is 9.89 Å². The second-order valence-electron chi connectivity index (χ2n) is 7.58. The smallest absolute Gasteiger partial charge is 0.286 e. The van der Waals surface area contributed by atoms with E-state index in [0.29, 0.717) is 9.93 Å². The summed E-state index contributed by atoms with van der Waals surface area (Å²) in [5.74, 6) is -0.180. The van der Waals surface area contributed by atoms with E-state index in [1.54, 1.807) is 0 Å². The molecule has 1 saturated heterocycles. The minimum absolute atomic E-state index is 0.180. The fraction of sp³-hybridized carbons (Fsp3) is 0.208. The summed E-state index contributed by atoms with van der Waals surface area (Å²) < 4.78 is 1.84. The molecule has 0 radical (unpaired) electrons.